The predicted octanol–water partition coefficient (Wildman–Crippen LogP) is 2.99. The summed E-state index contributed by atoms with van der Waals surface area (Å²) in [5, 5.41) is 0.570. The lowest BCUT2D eigenvalue weighted by Crippen LogP contribution is -1.97. The number of rotatable bonds is 3. The van der Waals surface area contributed by atoms with Gasteiger partial charge in [-0.15, -0.1) is 0 Å². The Morgan fingerprint density at radius 3 is 2.81 bits per heavy atom. The maximum Gasteiger partial charge on any atom is 0.146 e. The summed E-state index contributed by atoms with van der Waals surface area (Å²) in [6.45, 7) is 0.437. The third-order valence-electron chi connectivity index (χ3n) is 2.07. The Bertz CT molecular complexity index is 488. The van der Waals surface area contributed by atoms with E-state index >= 15 is 0 Å². The monoisotopic (exact) mass is 234 g/mol. The lowest BCUT2D eigenvalue weighted by atomic mass is 10.3. The standard InChI is InChI=1S/C12H11ClN2O/c13-11-3-1-2-4-12(11)16-10-5-9(6-14)7-15-8-10/h1-5,7-8H,6,14H2. The average molecular weight is 235 g/mol. The molecule has 0 radical (unpaired) electrons. The van der Waals surface area contributed by atoms with Crippen LogP contribution in [0.1, 0.15) is 5.56 Å². The highest BCUT2D eigenvalue weighted by Crippen LogP contribution is 2.28. The van der Waals surface area contributed by atoms with E-state index in [-0.39, 0.29) is 0 Å². The van der Waals surface area contributed by atoms with Gasteiger partial charge in [0.1, 0.15) is 11.5 Å². The van der Waals surface area contributed by atoms with Crippen LogP contribution in [0.4, 0.5) is 0 Å². The first-order valence-electron chi connectivity index (χ1n) is 4.86. The molecule has 0 atom stereocenters. The number of benzene rings is 1. The van der Waals surface area contributed by atoms with Crippen LogP contribution in [0.15, 0.2) is 42.7 Å². The molecule has 0 aliphatic rings. The summed E-state index contributed by atoms with van der Waals surface area (Å²) in [6.07, 6.45) is 3.34. The smallest absolute Gasteiger partial charge is 0.146 e. The van der Waals surface area contributed by atoms with E-state index < -0.39 is 0 Å². The SMILES string of the molecule is NCc1cncc(Oc2ccccc2Cl)c1. The maximum atomic E-state index is 5.98. The van der Waals surface area contributed by atoms with Crippen molar-refractivity contribution in [2.75, 3.05) is 0 Å². The van der Waals surface area contributed by atoms with Crippen LogP contribution in [0.5, 0.6) is 11.5 Å². The van der Waals surface area contributed by atoms with Crippen molar-refractivity contribution in [2.45, 2.75) is 6.54 Å². The molecule has 1 aromatic heterocycles. The molecule has 2 rings (SSSR count). The molecule has 3 nitrogen and oxygen atoms in total. The number of halogens is 1. The minimum atomic E-state index is 0.437. The molecule has 1 heterocycles. The molecule has 82 valence electrons. The zero-order valence-electron chi connectivity index (χ0n) is 8.56. The number of pyridine rings is 1. The van der Waals surface area contributed by atoms with Gasteiger partial charge in [0.05, 0.1) is 11.2 Å². The van der Waals surface area contributed by atoms with Crippen LogP contribution in [-0.2, 0) is 6.54 Å². The van der Waals surface area contributed by atoms with Gasteiger partial charge in [0.25, 0.3) is 0 Å². The second-order valence-corrected chi connectivity index (χ2v) is 3.67. The lowest BCUT2D eigenvalue weighted by Gasteiger charge is -2.07. The molecule has 0 amide bonds. The molecule has 0 unspecified atom stereocenters. The van der Waals surface area contributed by atoms with Crippen molar-refractivity contribution in [3.63, 3.8) is 0 Å². The van der Waals surface area contributed by atoms with Gasteiger partial charge in [0.2, 0.25) is 0 Å². The molecule has 2 aromatic rings. The van der Waals surface area contributed by atoms with Crippen molar-refractivity contribution in [3.8, 4) is 11.5 Å². The zero-order chi connectivity index (χ0) is 11.4. The van der Waals surface area contributed by atoms with Gasteiger partial charge in [-0.05, 0) is 23.8 Å². The first-order chi connectivity index (χ1) is 7.79. The number of hydrogen-bond acceptors (Lipinski definition) is 3. The Kier molecular flexibility index (Phi) is 3.39. The Hall–Kier alpha value is -1.58. The maximum absolute atomic E-state index is 5.98. The topological polar surface area (TPSA) is 48.1 Å². The minimum Gasteiger partial charge on any atom is -0.454 e. The van der Waals surface area contributed by atoms with Gasteiger partial charge in [-0.1, -0.05) is 23.7 Å². The fraction of sp³-hybridized carbons (Fsp3) is 0.0833. The highest BCUT2D eigenvalue weighted by atomic mass is 35.5. The number of nitrogens with two attached hydrogens (primary N) is 1. The van der Waals surface area contributed by atoms with Crippen LogP contribution >= 0.6 is 11.6 Å². The predicted molar refractivity (Wildman–Crippen MR) is 63.7 cm³/mol. The van der Waals surface area contributed by atoms with Gasteiger partial charge in [-0.3, -0.25) is 4.98 Å². The Labute approximate surface area is 98.8 Å². The van der Waals surface area contributed by atoms with Crippen molar-refractivity contribution in [1.29, 1.82) is 0 Å². The quantitative estimate of drug-likeness (QED) is 0.888. The fourth-order valence-electron chi connectivity index (χ4n) is 1.29. The van der Waals surface area contributed by atoms with Crippen LogP contribution in [-0.4, -0.2) is 4.98 Å². The van der Waals surface area contributed by atoms with Gasteiger partial charge in [-0.2, -0.15) is 0 Å². The Balaban J connectivity index is 2.24. The Morgan fingerprint density at radius 2 is 2.06 bits per heavy atom. The van der Waals surface area contributed by atoms with Crippen LogP contribution in [0.3, 0.4) is 0 Å². The van der Waals surface area contributed by atoms with Gasteiger partial charge < -0.3 is 10.5 Å². The summed E-state index contributed by atoms with van der Waals surface area (Å²) in [5.74, 6) is 1.25. The molecule has 0 bridgehead atoms. The summed E-state index contributed by atoms with van der Waals surface area (Å²) >= 11 is 5.98. The van der Waals surface area contributed by atoms with Gasteiger partial charge >= 0.3 is 0 Å². The van der Waals surface area contributed by atoms with E-state index in [1.54, 1.807) is 24.5 Å². The number of hydrogen-bond donors (Lipinski definition) is 1. The Morgan fingerprint density at radius 1 is 1.25 bits per heavy atom. The zero-order valence-corrected chi connectivity index (χ0v) is 9.32. The van der Waals surface area contributed by atoms with Crippen LogP contribution in [0, 0.1) is 0 Å². The van der Waals surface area contributed by atoms with E-state index in [9.17, 15) is 0 Å². The first kappa shape index (κ1) is 10.9. The molecule has 4 heteroatoms. The van der Waals surface area contributed by atoms with E-state index in [0.717, 1.165) is 5.56 Å². The van der Waals surface area contributed by atoms with E-state index in [2.05, 4.69) is 4.98 Å². The summed E-state index contributed by atoms with van der Waals surface area (Å²) in [4.78, 5) is 4.03. The molecule has 0 spiro atoms. The molecule has 0 aliphatic carbocycles. The molecule has 16 heavy (non-hydrogen) atoms. The first-order valence-corrected chi connectivity index (χ1v) is 5.24. The number of ether oxygens (including phenoxy) is 1. The van der Waals surface area contributed by atoms with Crippen LogP contribution < -0.4 is 10.5 Å². The highest BCUT2D eigenvalue weighted by Gasteiger charge is 2.02. The van der Waals surface area contributed by atoms with Crippen molar-refractivity contribution in [1.82, 2.24) is 4.98 Å². The largest absolute Gasteiger partial charge is 0.454 e. The normalized spacial score (nSPS) is 10.1. The molecule has 1 aromatic carbocycles. The third kappa shape index (κ3) is 2.51. The van der Waals surface area contributed by atoms with Crippen molar-refractivity contribution in [3.05, 3.63) is 53.3 Å². The second-order valence-electron chi connectivity index (χ2n) is 3.27. The van der Waals surface area contributed by atoms with E-state index in [1.165, 1.54) is 0 Å². The summed E-state index contributed by atoms with van der Waals surface area (Å²) in [6, 6.07) is 9.13. The molecule has 0 aliphatic heterocycles. The number of para-hydroxylation sites is 1. The molecule has 0 saturated carbocycles. The van der Waals surface area contributed by atoms with Crippen molar-refractivity contribution < 1.29 is 4.74 Å². The fourth-order valence-corrected chi connectivity index (χ4v) is 1.46. The molecular formula is C12H11ClN2O. The van der Waals surface area contributed by atoms with E-state index in [0.29, 0.717) is 23.1 Å². The molecule has 2 N–H and O–H groups in total. The number of nitrogens with zero attached hydrogens (tertiary/aromatic N) is 1. The number of aromatic nitrogens is 1. The van der Waals surface area contributed by atoms with E-state index in [1.807, 2.05) is 18.2 Å². The second kappa shape index (κ2) is 4.96. The van der Waals surface area contributed by atoms with Gasteiger partial charge in [0.15, 0.2) is 0 Å². The van der Waals surface area contributed by atoms with Crippen molar-refractivity contribution >= 4 is 11.6 Å². The third-order valence-corrected chi connectivity index (χ3v) is 2.38. The molecular weight excluding hydrogens is 224 g/mol. The molecule has 0 saturated heterocycles. The van der Waals surface area contributed by atoms with Gasteiger partial charge in [-0.25, -0.2) is 0 Å². The van der Waals surface area contributed by atoms with Crippen molar-refractivity contribution in [2.24, 2.45) is 5.73 Å². The highest BCUT2D eigenvalue weighted by molar-refractivity contribution is 6.32. The molecule has 0 fully saturated rings. The summed E-state index contributed by atoms with van der Waals surface area (Å²) in [5.41, 5.74) is 6.44. The van der Waals surface area contributed by atoms with Crippen LogP contribution in [0.2, 0.25) is 5.02 Å². The van der Waals surface area contributed by atoms with Gasteiger partial charge in [0, 0.05) is 12.7 Å². The minimum absolute atomic E-state index is 0.437. The van der Waals surface area contributed by atoms with Crippen LogP contribution in [0.25, 0.3) is 0 Å². The lowest BCUT2D eigenvalue weighted by molar-refractivity contribution is 0.479. The summed E-state index contributed by atoms with van der Waals surface area (Å²) in [7, 11) is 0. The summed E-state index contributed by atoms with van der Waals surface area (Å²) < 4.78 is 5.60. The van der Waals surface area contributed by atoms with E-state index in [4.69, 9.17) is 22.1 Å². The average Bonchev–Trinajstić information content (AvgIpc) is 2.32.